The van der Waals surface area contributed by atoms with Crippen molar-refractivity contribution in [1.82, 2.24) is 0 Å². The molecule has 4 N–H and O–H groups in total. The molecule has 56 heavy (non-hydrogen) atoms. The minimum Gasteiger partial charge on any atom is -0.462 e. The molecule has 0 aromatic carbocycles. The number of carbonyl (C=O) groups is 2. The number of hydrogen-bond acceptors (Lipinski definition) is 10. The van der Waals surface area contributed by atoms with Crippen molar-refractivity contribution in [2.45, 2.75) is 263 Å². The molecule has 0 radical (unpaired) electrons. The normalized spacial score (nSPS) is 20.3. The number of unbranched alkanes of at least 4 members (excludes halogenated alkanes) is 29. The Balaban J connectivity index is 2.25. The van der Waals surface area contributed by atoms with Gasteiger partial charge in [0.2, 0.25) is 0 Å². The molecular weight excluding hydrogens is 712 g/mol. The van der Waals surface area contributed by atoms with Gasteiger partial charge in [0.05, 0.1) is 13.2 Å². The van der Waals surface area contributed by atoms with Crippen LogP contribution in [0.2, 0.25) is 0 Å². The Labute approximate surface area is 342 Å². The summed E-state index contributed by atoms with van der Waals surface area (Å²) in [6, 6.07) is 0. The van der Waals surface area contributed by atoms with Crippen LogP contribution in [-0.2, 0) is 28.5 Å². The summed E-state index contributed by atoms with van der Waals surface area (Å²) in [7, 11) is 0. The highest BCUT2D eigenvalue weighted by Crippen LogP contribution is 2.23. The molecule has 0 aromatic rings. The number of hydrogen-bond donors (Lipinski definition) is 4. The lowest BCUT2D eigenvalue weighted by atomic mass is 9.99. The van der Waals surface area contributed by atoms with E-state index in [2.05, 4.69) is 13.8 Å². The SMILES string of the molecule is CCCCCCCCCCCCCCCCCCCCCCC(=O)OC(COC(=O)CCCCCCCCCCCCC)COC1OC(CO)C(O)C(O)C1O. The summed E-state index contributed by atoms with van der Waals surface area (Å²) in [6.07, 6.45) is 31.1. The van der Waals surface area contributed by atoms with Crippen LogP contribution >= 0.6 is 0 Å². The zero-order chi connectivity index (χ0) is 40.9. The van der Waals surface area contributed by atoms with Crippen LogP contribution in [0.1, 0.15) is 226 Å². The van der Waals surface area contributed by atoms with Gasteiger partial charge in [-0.2, -0.15) is 0 Å². The minimum absolute atomic E-state index is 0.209. The highest BCUT2D eigenvalue weighted by Gasteiger charge is 2.44. The molecule has 6 atom stereocenters. The Bertz CT molecular complexity index is 886. The first-order chi connectivity index (χ1) is 27.3. The molecule has 0 aliphatic carbocycles. The number of carbonyl (C=O) groups excluding carboxylic acids is 2. The predicted octanol–water partition coefficient (Wildman–Crippen LogP) is 10.2. The predicted molar refractivity (Wildman–Crippen MR) is 224 cm³/mol. The zero-order valence-electron chi connectivity index (χ0n) is 36.2. The molecule has 0 amide bonds. The van der Waals surface area contributed by atoms with Crippen molar-refractivity contribution >= 4 is 11.9 Å². The maximum atomic E-state index is 12.8. The van der Waals surface area contributed by atoms with Crippen molar-refractivity contribution in [3.05, 3.63) is 0 Å². The van der Waals surface area contributed by atoms with E-state index in [1.165, 1.54) is 154 Å². The van der Waals surface area contributed by atoms with Crippen LogP contribution in [0.25, 0.3) is 0 Å². The second-order valence-corrected chi connectivity index (χ2v) is 16.6. The topological polar surface area (TPSA) is 152 Å². The fraction of sp³-hybridized carbons (Fsp3) is 0.957. The summed E-state index contributed by atoms with van der Waals surface area (Å²) in [5.41, 5.74) is 0. The maximum Gasteiger partial charge on any atom is 0.306 e. The van der Waals surface area contributed by atoms with Gasteiger partial charge in [-0.3, -0.25) is 9.59 Å². The molecule has 332 valence electrons. The third-order valence-corrected chi connectivity index (χ3v) is 11.2. The molecule has 10 nitrogen and oxygen atoms in total. The lowest BCUT2D eigenvalue weighted by molar-refractivity contribution is -0.305. The van der Waals surface area contributed by atoms with Gasteiger partial charge < -0.3 is 39.4 Å². The Kier molecular flexibility index (Phi) is 35.7. The molecule has 10 heteroatoms. The van der Waals surface area contributed by atoms with Gasteiger partial charge in [0, 0.05) is 12.8 Å². The number of ether oxygens (including phenoxy) is 4. The highest BCUT2D eigenvalue weighted by molar-refractivity contribution is 5.70. The van der Waals surface area contributed by atoms with Crippen LogP contribution in [0.3, 0.4) is 0 Å². The van der Waals surface area contributed by atoms with E-state index >= 15 is 0 Å². The molecule has 1 fully saturated rings. The molecule has 1 heterocycles. The van der Waals surface area contributed by atoms with E-state index in [1.54, 1.807) is 0 Å². The van der Waals surface area contributed by atoms with Gasteiger partial charge in [-0.25, -0.2) is 0 Å². The minimum atomic E-state index is -1.59. The molecule has 1 aliphatic rings. The second kappa shape index (κ2) is 37.9. The van der Waals surface area contributed by atoms with E-state index in [1.807, 2.05) is 0 Å². The van der Waals surface area contributed by atoms with Crippen molar-refractivity contribution in [2.24, 2.45) is 0 Å². The van der Waals surface area contributed by atoms with Crippen molar-refractivity contribution in [2.75, 3.05) is 19.8 Å². The van der Waals surface area contributed by atoms with Crippen molar-refractivity contribution in [1.29, 1.82) is 0 Å². The molecule has 0 aromatic heterocycles. The molecule has 0 spiro atoms. The smallest absolute Gasteiger partial charge is 0.306 e. The first-order valence-corrected chi connectivity index (χ1v) is 23.6. The Hall–Kier alpha value is -1.30. The molecule has 0 bridgehead atoms. The van der Waals surface area contributed by atoms with Crippen molar-refractivity contribution < 1.29 is 49.0 Å². The Morgan fingerprint density at radius 2 is 0.839 bits per heavy atom. The zero-order valence-corrected chi connectivity index (χ0v) is 36.2. The highest BCUT2D eigenvalue weighted by atomic mass is 16.7. The van der Waals surface area contributed by atoms with Crippen LogP contribution in [0.4, 0.5) is 0 Å². The summed E-state index contributed by atoms with van der Waals surface area (Å²) >= 11 is 0. The van der Waals surface area contributed by atoms with Gasteiger partial charge >= 0.3 is 11.9 Å². The van der Waals surface area contributed by atoms with Crippen LogP contribution in [0.5, 0.6) is 0 Å². The Morgan fingerprint density at radius 1 is 0.482 bits per heavy atom. The molecule has 1 aliphatic heterocycles. The standard InChI is InChI=1S/C46H88O10/c1-3-5-7-9-11-13-15-16-17-18-19-20-21-22-23-25-27-29-31-33-35-42(49)55-39(38-54-46-45(52)44(51)43(50)40(36-47)56-46)37-53-41(48)34-32-30-28-26-24-14-12-10-8-6-4-2/h39-40,43-47,50-52H,3-38H2,1-2H3. The summed E-state index contributed by atoms with van der Waals surface area (Å²) in [6.45, 7) is 3.45. The molecule has 1 rings (SSSR count). The van der Waals surface area contributed by atoms with Crippen LogP contribution in [0.15, 0.2) is 0 Å². The third-order valence-electron chi connectivity index (χ3n) is 11.2. The van der Waals surface area contributed by atoms with E-state index in [0.29, 0.717) is 6.42 Å². The molecule has 6 unspecified atom stereocenters. The largest absolute Gasteiger partial charge is 0.462 e. The monoisotopic (exact) mass is 801 g/mol. The van der Waals surface area contributed by atoms with E-state index in [0.717, 1.165) is 38.5 Å². The number of rotatable bonds is 40. The average molecular weight is 801 g/mol. The van der Waals surface area contributed by atoms with Gasteiger partial charge in [-0.1, -0.05) is 200 Å². The van der Waals surface area contributed by atoms with E-state index in [9.17, 15) is 30.0 Å². The number of aliphatic hydroxyl groups excluding tert-OH is 4. The van der Waals surface area contributed by atoms with Crippen molar-refractivity contribution in [3.8, 4) is 0 Å². The van der Waals surface area contributed by atoms with E-state index in [-0.39, 0.29) is 32.0 Å². The van der Waals surface area contributed by atoms with Crippen LogP contribution < -0.4 is 0 Å². The van der Waals surface area contributed by atoms with E-state index in [4.69, 9.17) is 18.9 Å². The van der Waals surface area contributed by atoms with Crippen molar-refractivity contribution in [3.63, 3.8) is 0 Å². The molecule has 1 saturated heterocycles. The lowest BCUT2D eigenvalue weighted by Crippen LogP contribution is -2.59. The molecule has 0 saturated carbocycles. The van der Waals surface area contributed by atoms with Crippen LogP contribution in [-0.4, -0.2) is 89.0 Å². The van der Waals surface area contributed by atoms with Gasteiger partial charge in [0.25, 0.3) is 0 Å². The fourth-order valence-corrected chi connectivity index (χ4v) is 7.48. The van der Waals surface area contributed by atoms with Gasteiger partial charge in [0.15, 0.2) is 12.4 Å². The number of esters is 2. The number of aliphatic hydroxyl groups is 4. The fourth-order valence-electron chi connectivity index (χ4n) is 7.48. The maximum absolute atomic E-state index is 12.8. The summed E-state index contributed by atoms with van der Waals surface area (Å²) in [4.78, 5) is 25.3. The quantitative estimate of drug-likeness (QED) is 0.0348. The Morgan fingerprint density at radius 3 is 1.21 bits per heavy atom. The summed E-state index contributed by atoms with van der Waals surface area (Å²) in [5.74, 6) is -0.792. The average Bonchev–Trinajstić information content (AvgIpc) is 3.19. The van der Waals surface area contributed by atoms with E-state index < -0.39 is 49.4 Å². The third kappa shape index (κ3) is 29.0. The first-order valence-electron chi connectivity index (χ1n) is 23.6. The lowest BCUT2D eigenvalue weighted by Gasteiger charge is -2.39. The second-order valence-electron chi connectivity index (χ2n) is 16.6. The van der Waals surface area contributed by atoms with Crippen LogP contribution in [0, 0.1) is 0 Å². The van der Waals surface area contributed by atoms with Gasteiger partial charge in [-0.05, 0) is 12.8 Å². The van der Waals surface area contributed by atoms with Gasteiger partial charge in [-0.15, -0.1) is 0 Å². The first kappa shape index (κ1) is 52.7. The summed E-state index contributed by atoms with van der Waals surface area (Å²) in [5, 5.41) is 40.1. The summed E-state index contributed by atoms with van der Waals surface area (Å²) < 4.78 is 22.2. The molecular formula is C46H88O10. The van der Waals surface area contributed by atoms with Gasteiger partial charge in [0.1, 0.15) is 31.0 Å².